The van der Waals surface area contributed by atoms with E-state index in [-0.39, 0.29) is 22.8 Å². The fourth-order valence-corrected chi connectivity index (χ4v) is 4.26. The number of pyridine rings is 1. The molecule has 35 heavy (non-hydrogen) atoms. The highest BCUT2D eigenvalue weighted by molar-refractivity contribution is 5.99. The number of benzene rings is 1. The molecule has 1 unspecified atom stereocenters. The quantitative estimate of drug-likeness (QED) is 0.570. The van der Waals surface area contributed by atoms with Crippen molar-refractivity contribution in [3.05, 3.63) is 63.6 Å². The third-order valence-electron chi connectivity index (χ3n) is 6.15. The number of aromatic nitrogens is 1. The predicted octanol–water partition coefficient (Wildman–Crippen LogP) is 3.37. The number of carbonyl (C=O) groups excluding carboxylic acids is 2. The summed E-state index contributed by atoms with van der Waals surface area (Å²) in [6.45, 7) is 9.41. The number of nitrogens with one attached hydrogen (secondary N) is 2. The van der Waals surface area contributed by atoms with Crippen LogP contribution in [0.4, 0.5) is 0 Å². The molecule has 0 saturated carbocycles. The molecule has 0 spiro atoms. The van der Waals surface area contributed by atoms with E-state index in [0.29, 0.717) is 44.2 Å². The molecule has 1 aliphatic rings. The Morgan fingerprint density at radius 1 is 1.17 bits per heavy atom. The molecule has 0 bridgehead atoms. The van der Waals surface area contributed by atoms with Gasteiger partial charge < -0.3 is 24.7 Å². The Morgan fingerprint density at radius 2 is 1.86 bits per heavy atom. The Morgan fingerprint density at radius 3 is 2.51 bits per heavy atom. The van der Waals surface area contributed by atoms with Gasteiger partial charge in [0.1, 0.15) is 16.9 Å². The van der Waals surface area contributed by atoms with Crippen LogP contribution in [0.2, 0.25) is 0 Å². The summed E-state index contributed by atoms with van der Waals surface area (Å²) in [5.74, 6) is 0.137. The van der Waals surface area contributed by atoms with Crippen molar-refractivity contribution < 1.29 is 19.1 Å². The first kappa shape index (κ1) is 26.5. The highest BCUT2D eigenvalue weighted by Crippen LogP contribution is 2.24. The number of carbonyl (C=O) groups is 2. The fourth-order valence-electron chi connectivity index (χ4n) is 4.26. The number of nitrogens with zero attached hydrogens (tertiary/aromatic N) is 1. The lowest BCUT2D eigenvalue weighted by atomic mass is 9.93. The summed E-state index contributed by atoms with van der Waals surface area (Å²) in [5.41, 5.74) is -0.169. The van der Waals surface area contributed by atoms with E-state index in [4.69, 9.17) is 9.47 Å². The third kappa shape index (κ3) is 7.18. The third-order valence-corrected chi connectivity index (χ3v) is 6.15. The Balaban J connectivity index is 1.93. The summed E-state index contributed by atoms with van der Waals surface area (Å²) in [5, 5.41) is 5.80. The minimum Gasteiger partial charge on any atom is -0.496 e. The molecule has 2 aromatic rings. The summed E-state index contributed by atoms with van der Waals surface area (Å²) in [6, 6.07) is 7.40. The zero-order chi connectivity index (χ0) is 25.6. The Bertz CT molecular complexity index is 1110. The molecule has 2 heterocycles. The van der Waals surface area contributed by atoms with Crippen molar-refractivity contribution in [3.8, 4) is 5.75 Å². The molecule has 1 aromatic heterocycles. The number of methoxy groups -OCH3 is 1. The largest absolute Gasteiger partial charge is 0.496 e. The first-order chi connectivity index (χ1) is 16.6. The van der Waals surface area contributed by atoms with Gasteiger partial charge in [0.05, 0.1) is 19.3 Å². The molecular formula is C27H37N3O5. The number of ether oxygens (including phenoxy) is 2. The number of para-hydroxylation sites is 1. The fraction of sp³-hybridized carbons (Fsp3) is 0.519. The second kappa shape index (κ2) is 11.5. The summed E-state index contributed by atoms with van der Waals surface area (Å²) in [7, 11) is 1.59. The summed E-state index contributed by atoms with van der Waals surface area (Å²) >= 11 is 0. The van der Waals surface area contributed by atoms with E-state index in [9.17, 15) is 14.4 Å². The number of rotatable bonds is 9. The first-order valence-electron chi connectivity index (χ1n) is 12.2. The van der Waals surface area contributed by atoms with Crippen molar-refractivity contribution in [1.29, 1.82) is 0 Å². The minimum atomic E-state index is -0.577. The van der Waals surface area contributed by atoms with Gasteiger partial charge in [-0.3, -0.25) is 14.4 Å². The van der Waals surface area contributed by atoms with Crippen LogP contribution in [0.3, 0.4) is 0 Å². The molecule has 8 heteroatoms. The molecule has 3 rings (SSSR count). The second-order valence-corrected chi connectivity index (χ2v) is 10.1. The lowest BCUT2D eigenvalue weighted by Crippen LogP contribution is -2.47. The van der Waals surface area contributed by atoms with Crippen molar-refractivity contribution in [2.45, 2.75) is 65.1 Å². The number of amides is 2. The molecule has 1 aromatic carbocycles. The summed E-state index contributed by atoms with van der Waals surface area (Å²) < 4.78 is 12.9. The molecular weight excluding hydrogens is 446 g/mol. The van der Waals surface area contributed by atoms with Crippen molar-refractivity contribution in [2.24, 2.45) is 5.92 Å². The molecule has 190 valence electrons. The Labute approximate surface area is 207 Å². The van der Waals surface area contributed by atoms with Gasteiger partial charge in [-0.15, -0.1) is 0 Å². The van der Waals surface area contributed by atoms with E-state index in [1.54, 1.807) is 11.7 Å². The zero-order valence-electron chi connectivity index (χ0n) is 21.3. The molecule has 1 aliphatic heterocycles. The van der Waals surface area contributed by atoms with Crippen LogP contribution in [-0.2, 0) is 11.3 Å². The maximum atomic E-state index is 13.3. The molecule has 0 radical (unpaired) electrons. The van der Waals surface area contributed by atoms with Gasteiger partial charge >= 0.3 is 0 Å². The van der Waals surface area contributed by atoms with Gasteiger partial charge in [-0.05, 0) is 45.1 Å². The van der Waals surface area contributed by atoms with E-state index in [0.717, 1.165) is 12.0 Å². The van der Waals surface area contributed by atoms with Crippen LogP contribution in [0.15, 0.2) is 41.5 Å². The van der Waals surface area contributed by atoms with Crippen molar-refractivity contribution in [1.82, 2.24) is 15.2 Å². The van der Waals surface area contributed by atoms with Crippen LogP contribution in [0.25, 0.3) is 0 Å². The first-order valence-corrected chi connectivity index (χ1v) is 12.2. The van der Waals surface area contributed by atoms with Gasteiger partial charge in [0.2, 0.25) is 5.43 Å². The van der Waals surface area contributed by atoms with E-state index < -0.39 is 17.2 Å². The maximum absolute atomic E-state index is 13.3. The lowest BCUT2D eigenvalue weighted by molar-refractivity contribution is -0.0615. The molecule has 1 atom stereocenters. The van der Waals surface area contributed by atoms with Crippen LogP contribution in [0.1, 0.15) is 73.2 Å². The van der Waals surface area contributed by atoms with E-state index in [2.05, 4.69) is 24.5 Å². The van der Waals surface area contributed by atoms with E-state index in [1.807, 2.05) is 38.1 Å². The molecule has 2 amide bonds. The molecule has 2 N–H and O–H groups in total. The Hall–Kier alpha value is -3.13. The van der Waals surface area contributed by atoms with Crippen molar-refractivity contribution in [2.75, 3.05) is 20.3 Å². The van der Waals surface area contributed by atoms with Crippen LogP contribution in [-0.4, -0.2) is 48.3 Å². The van der Waals surface area contributed by atoms with Gasteiger partial charge in [-0.25, -0.2) is 0 Å². The van der Waals surface area contributed by atoms with Crippen molar-refractivity contribution >= 4 is 11.8 Å². The summed E-state index contributed by atoms with van der Waals surface area (Å²) in [4.78, 5) is 39.4. The molecule has 1 fully saturated rings. The van der Waals surface area contributed by atoms with Crippen LogP contribution >= 0.6 is 0 Å². The van der Waals surface area contributed by atoms with E-state index in [1.165, 1.54) is 12.4 Å². The summed E-state index contributed by atoms with van der Waals surface area (Å²) in [6.07, 6.45) is 5.12. The topological polar surface area (TPSA) is 98.7 Å². The molecule has 0 aliphatic carbocycles. The van der Waals surface area contributed by atoms with Gasteiger partial charge in [0.15, 0.2) is 0 Å². The van der Waals surface area contributed by atoms with Crippen LogP contribution < -0.4 is 20.8 Å². The average molecular weight is 484 g/mol. The minimum absolute atomic E-state index is 0.0522. The second-order valence-electron chi connectivity index (χ2n) is 10.1. The smallest absolute Gasteiger partial charge is 0.256 e. The van der Waals surface area contributed by atoms with Gasteiger partial charge in [0.25, 0.3) is 11.8 Å². The monoisotopic (exact) mass is 483 g/mol. The predicted molar refractivity (Wildman–Crippen MR) is 135 cm³/mol. The zero-order valence-corrected chi connectivity index (χ0v) is 21.3. The SMILES string of the molecule is COc1ccccc1Cn1cc(C(=O)NCCC(C)C)c(=O)c(C(=O)NC2CCOC(C)(C)C2)c1. The highest BCUT2D eigenvalue weighted by atomic mass is 16.5. The standard InChI is InChI=1S/C27H37N3O5/c1-18(2)10-12-28-25(32)21-16-30(15-19-8-6-7-9-23(19)34-5)17-22(24(21)31)26(33)29-20-11-13-35-27(3,4)14-20/h6-9,16-18,20H,10-15H2,1-5H3,(H,28,32)(H,29,33). The van der Waals surface area contributed by atoms with Crippen LogP contribution in [0, 0.1) is 5.92 Å². The highest BCUT2D eigenvalue weighted by Gasteiger charge is 2.30. The Kier molecular flexibility index (Phi) is 8.72. The van der Waals surface area contributed by atoms with Crippen LogP contribution in [0.5, 0.6) is 5.75 Å². The normalized spacial score (nSPS) is 17.1. The van der Waals surface area contributed by atoms with Crippen molar-refractivity contribution in [3.63, 3.8) is 0 Å². The lowest BCUT2D eigenvalue weighted by Gasteiger charge is -2.35. The molecule has 1 saturated heterocycles. The van der Waals surface area contributed by atoms with Gasteiger partial charge in [-0.1, -0.05) is 32.0 Å². The van der Waals surface area contributed by atoms with E-state index >= 15 is 0 Å². The van der Waals surface area contributed by atoms with Gasteiger partial charge in [-0.2, -0.15) is 0 Å². The molecule has 8 nitrogen and oxygen atoms in total. The maximum Gasteiger partial charge on any atom is 0.256 e. The number of hydrogen-bond acceptors (Lipinski definition) is 5. The van der Waals surface area contributed by atoms with Gasteiger partial charge in [0, 0.05) is 37.2 Å². The average Bonchev–Trinajstić information content (AvgIpc) is 2.79. The number of hydrogen-bond donors (Lipinski definition) is 2.